The van der Waals surface area contributed by atoms with Gasteiger partial charge in [0.1, 0.15) is 0 Å². The van der Waals surface area contributed by atoms with Gasteiger partial charge in [-0.05, 0) is 0 Å². The van der Waals surface area contributed by atoms with Gasteiger partial charge < -0.3 is 0 Å². The van der Waals surface area contributed by atoms with Crippen molar-refractivity contribution >= 4 is 37.2 Å². The molecule has 0 nitrogen and oxygen atoms in total. The smallest absolute Gasteiger partial charge is 0 e. The van der Waals surface area contributed by atoms with Crippen molar-refractivity contribution in [2.45, 2.75) is 34.1 Å². The second-order valence-corrected chi connectivity index (χ2v) is 1.000. The highest BCUT2D eigenvalue weighted by molar-refractivity contribution is 15.0. The first kappa shape index (κ1) is 15.8. The zero-order chi connectivity index (χ0) is 5.41. The van der Waals surface area contributed by atoms with Gasteiger partial charge in [0.25, 0.3) is 0 Å². The molecule has 0 fully saturated rings. The van der Waals surface area contributed by atoms with Crippen molar-refractivity contribution < 1.29 is 0 Å². The van der Waals surface area contributed by atoms with Crippen LogP contribution in [0.4, 0.5) is 0 Å². The van der Waals surface area contributed by atoms with Crippen molar-refractivity contribution in [1.82, 2.24) is 0 Å². The summed E-state index contributed by atoms with van der Waals surface area (Å²) in [5.41, 5.74) is 0. The third kappa shape index (κ3) is 36.7. The Morgan fingerprint density at radius 2 is 1.14 bits per heavy atom. The zero-order valence-corrected chi connectivity index (χ0v) is 8.49. The Kier molecular flexibility index (Phi) is 58.7. The summed E-state index contributed by atoms with van der Waals surface area (Å²) in [5.74, 6) is 0. The van der Waals surface area contributed by atoms with Crippen LogP contribution >= 0.6 is 37.2 Å². The molecule has 0 atom stereocenters. The fraction of sp³-hybridized carbons (Fsp3) is 1.00. The maximum atomic E-state index is 2.18. The summed E-state index contributed by atoms with van der Waals surface area (Å²) in [5, 5.41) is 0. The lowest BCUT2D eigenvalue weighted by Crippen LogP contribution is -1.47. The van der Waals surface area contributed by atoms with E-state index in [1.54, 1.807) is 0 Å². The third-order valence-corrected chi connectivity index (χ3v) is 0.500. The fourth-order valence-electron chi connectivity index (χ4n) is 0. The Morgan fingerprint density at radius 3 is 1.14 bits per heavy atom. The molecule has 0 aliphatic carbocycles. The first-order valence-corrected chi connectivity index (χ1v) is 8.34. The summed E-state index contributed by atoms with van der Waals surface area (Å²) in [6.45, 7) is 4.36. The van der Waals surface area contributed by atoms with E-state index < -0.39 is 0 Å². The Balaban J connectivity index is -0.0000000480. The fourth-order valence-corrected chi connectivity index (χ4v) is 0. The Morgan fingerprint density at radius 1 is 1.00 bits per heavy atom. The van der Waals surface area contributed by atoms with E-state index in [-0.39, 0.29) is 7.43 Å². The van der Waals surface area contributed by atoms with E-state index in [0.29, 0.717) is 0 Å². The van der Waals surface area contributed by atoms with Crippen molar-refractivity contribution in [3.05, 3.63) is 0 Å². The molecule has 0 N–H and O–H groups in total. The average Bonchev–Trinajstić information content (AvgIpc) is 1.72. The molecule has 0 spiro atoms. The van der Waals surface area contributed by atoms with Crippen LogP contribution in [-0.2, 0) is 0 Å². The second kappa shape index (κ2) is 26.0. The van der Waals surface area contributed by atoms with Gasteiger partial charge in [-0.25, -0.2) is 0 Å². The quantitative estimate of drug-likeness (QED) is 0.633. The molecule has 0 rings (SSSR count). The predicted molar refractivity (Wildman–Crippen MR) is 55.4 cm³/mol. The second-order valence-electron chi connectivity index (χ2n) is 1.000. The minimum atomic E-state index is 0. The predicted octanol–water partition coefficient (Wildman–Crippen LogP) is 4.21. The van der Waals surface area contributed by atoms with E-state index in [1.807, 2.05) is 0 Å². The standard InChI is InChI=1S/C4H10.CH4.I2/c1-3-4-2;;1-2/h3-4H2,1-2H3;1H4;. The topological polar surface area (TPSA) is 0 Å². The molecule has 0 aromatic heterocycles. The summed E-state index contributed by atoms with van der Waals surface area (Å²) in [6.07, 6.45) is 2.64. The van der Waals surface area contributed by atoms with E-state index in [4.69, 9.17) is 0 Å². The van der Waals surface area contributed by atoms with Crippen molar-refractivity contribution in [2.24, 2.45) is 0 Å². The van der Waals surface area contributed by atoms with Crippen molar-refractivity contribution in [3.8, 4) is 0 Å². The molecule has 0 heterocycles. The molecular formula is C5H14I2. The van der Waals surface area contributed by atoms with Crippen molar-refractivity contribution in [1.29, 1.82) is 0 Å². The van der Waals surface area contributed by atoms with Gasteiger partial charge in [0, 0.05) is 37.2 Å². The van der Waals surface area contributed by atoms with E-state index in [9.17, 15) is 0 Å². The number of unbranched alkanes of at least 4 members (excludes halogenated alkanes) is 1. The molecule has 0 amide bonds. The van der Waals surface area contributed by atoms with Crippen LogP contribution in [0.5, 0.6) is 0 Å². The molecule has 0 unspecified atom stereocenters. The number of rotatable bonds is 1. The van der Waals surface area contributed by atoms with Gasteiger partial charge in [-0.3, -0.25) is 0 Å². The molecule has 0 aliphatic heterocycles. The Hall–Kier alpha value is 1.46. The summed E-state index contributed by atoms with van der Waals surface area (Å²) in [7, 11) is 0. The number of hydrogen-bond donors (Lipinski definition) is 0. The number of halogens is 2. The molecule has 2 heteroatoms. The zero-order valence-electron chi connectivity index (χ0n) is 4.17. The molecule has 0 aromatic carbocycles. The van der Waals surface area contributed by atoms with Gasteiger partial charge in [-0.15, -0.1) is 0 Å². The van der Waals surface area contributed by atoms with Crippen LogP contribution in [0.2, 0.25) is 0 Å². The van der Waals surface area contributed by atoms with Gasteiger partial charge >= 0.3 is 0 Å². The minimum absolute atomic E-state index is 0. The van der Waals surface area contributed by atoms with Crippen LogP contribution in [0.3, 0.4) is 0 Å². The third-order valence-electron chi connectivity index (χ3n) is 0.500. The van der Waals surface area contributed by atoms with Crippen LogP contribution < -0.4 is 0 Å². The van der Waals surface area contributed by atoms with E-state index in [0.717, 1.165) is 0 Å². The molecule has 0 aliphatic rings. The van der Waals surface area contributed by atoms with Gasteiger partial charge in [0.2, 0.25) is 0 Å². The summed E-state index contributed by atoms with van der Waals surface area (Å²) in [6, 6.07) is 0. The molecule has 7 heavy (non-hydrogen) atoms. The van der Waals surface area contributed by atoms with Crippen LogP contribution in [-0.4, -0.2) is 0 Å². The van der Waals surface area contributed by atoms with Gasteiger partial charge in [-0.2, -0.15) is 0 Å². The van der Waals surface area contributed by atoms with Crippen LogP contribution in [0, 0.1) is 0 Å². The first-order chi connectivity index (χ1) is 2.91. The molecule has 0 aromatic rings. The molecule has 0 saturated heterocycles. The van der Waals surface area contributed by atoms with E-state index in [1.165, 1.54) is 12.8 Å². The van der Waals surface area contributed by atoms with Crippen molar-refractivity contribution in [2.75, 3.05) is 0 Å². The van der Waals surface area contributed by atoms with Crippen LogP contribution in [0.15, 0.2) is 0 Å². The monoisotopic (exact) mass is 328 g/mol. The SMILES string of the molecule is C.CCCC.II. The molecule has 0 bridgehead atoms. The Bertz CT molecular complexity index is 8.04. The van der Waals surface area contributed by atoms with Gasteiger partial charge in [0.05, 0.1) is 0 Å². The van der Waals surface area contributed by atoms with E-state index >= 15 is 0 Å². The largest absolute Gasteiger partial charge is 0.0776 e. The van der Waals surface area contributed by atoms with Crippen molar-refractivity contribution in [3.63, 3.8) is 0 Å². The van der Waals surface area contributed by atoms with Gasteiger partial charge in [-0.1, -0.05) is 34.1 Å². The lowest BCUT2D eigenvalue weighted by Gasteiger charge is -1.68. The van der Waals surface area contributed by atoms with E-state index in [2.05, 4.69) is 51.1 Å². The molecule has 0 saturated carbocycles. The highest BCUT2D eigenvalue weighted by Crippen LogP contribution is 1.89. The van der Waals surface area contributed by atoms with Crippen LogP contribution in [0.1, 0.15) is 34.1 Å². The average molecular weight is 328 g/mol. The number of hydrogen-bond acceptors (Lipinski definition) is 0. The minimum Gasteiger partial charge on any atom is -0.0776 e. The highest BCUT2D eigenvalue weighted by atomic mass is 128. The normalized spacial score (nSPS) is 5.14. The maximum absolute atomic E-state index is 2.18. The lowest BCUT2D eigenvalue weighted by molar-refractivity contribution is 0.886. The highest BCUT2D eigenvalue weighted by Gasteiger charge is 1.56. The first-order valence-electron chi connectivity index (χ1n) is 2.06. The van der Waals surface area contributed by atoms with Gasteiger partial charge in [0.15, 0.2) is 0 Å². The van der Waals surface area contributed by atoms with Crippen LogP contribution in [0.25, 0.3) is 0 Å². The molecule has 0 radical (unpaired) electrons. The summed E-state index contributed by atoms with van der Waals surface area (Å²) in [4.78, 5) is 0. The maximum Gasteiger partial charge on any atom is 0 e. The summed E-state index contributed by atoms with van der Waals surface area (Å²) < 4.78 is 0. The molecule has 48 valence electrons. The Labute approximate surface area is 70.8 Å². The summed E-state index contributed by atoms with van der Waals surface area (Å²) >= 11 is 4.24. The molecular weight excluding hydrogens is 314 g/mol. The lowest BCUT2D eigenvalue weighted by atomic mass is 10.4.